The van der Waals surface area contributed by atoms with Gasteiger partial charge >= 0.3 is 12.0 Å². The van der Waals surface area contributed by atoms with Gasteiger partial charge in [0.25, 0.3) is 5.91 Å². The molecule has 0 fully saturated rings. The van der Waals surface area contributed by atoms with Crippen LogP contribution in [-0.2, 0) is 9.53 Å². The maximum Gasteiger partial charge on any atom is 0.342 e. The molecule has 0 aliphatic carbocycles. The van der Waals surface area contributed by atoms with E-state index in [0.717, 1.165) is 0 Å². The van der Waals surface area contributed by atoms with Crippen molar-refractivity contribution in [3.63, 3.8) is 0 Å². The Hall–Kier alpha value is -2.31. The van der Waals surface area contributed by atoms with E-state index >= 15 is 0 Å². The number of amides is 3. The summed E-state index contributed by atoms with van der Waals surface area (Å²) in [5.74, 6) is -0.369. The van der Waals surface area contributed by atoms with E-state index in [9.17, 15) is 14.4 Å². The molecule has 0 spiro atoms. The van der Waals surface area contributed by atoms with Gasteiger partial charge in [0.1, 0.15) is 17.1 Å². The first-order valence-corrected chi connectivity index (χ1v) is 6.60. The number of rotatable bonds is 4. The van der Waals surface area contributed by atoms with Crippen LogP contribution in [-0.4, -0.2) is 30.1 Å². The van der Waals surface area contributed by atoms with Crippen LogP contribution < -0.4 is 10.6 Å². The molecule has 1 aromatic rings. The lowest BCUT2D eigenvalue weighted by Gasteiger charge is -2.14. The number of furan rings is 1. The van der Waals surface area contributed by atoms with Crippen molar-refractivity contribution in [1.29, 1.82) is 0 Å². The van der Waals surface area contributed by atoms with Gasteiger partial charge < -0.3 is 14.5 Å². The largest absolute Gasteiger partial charge is 0.466 e. The molecule has 7 nitrogen and oxygen atoms in total. The van der Waals surface area contributed by atoms with Gasteiger partial charge in [-0.1, -0.05) is 0 Å². The van der Waals surface area contributed by atoms with Crippen molar-refractivity contribution in [1.82, 2.24) is 10.6 Å². The highest BCUT2D eigenvalue weighted by atomic mass is 16.5. The average molecular weight is 296 g/mol. The third-order valence-corrected chi connectivity index (χ3v) is 2.57. The molecule has 0 aliphatic heterocycles. The lowest BCUT2D eigenvalue weighted by molar-refractivity contribution is -0.127. The van der Waals surface area contributed by atoms with Gasteiger partial charge in [-0.3, -0.25) is 10.1 Å². The summed E-state index contributed by atoms with van der Waals surface area (Å²) in [5, 5.41) is 4.60. The van der Waals surface area contributed by atoms with Gasteiger partial charge in [-0.05, 0) is 40.7 Å². The van der Waals surface area contributed by atoms with E-state index in [2.05, 4.69) is 10.6 Å². The molecule has 21 heavy (non-hydrogen) atoms. The number of imide groups is 1. The molecule has 1 atom stereocenters. The van der Waals surface area contributed by atoms with Gasteiger partial charge in [-0.25, -0.2) is 9.59 Å². The fraction of sp³-hybridized carbons (Fsp3) is 0.500. The Balaban J connectivity index is 2.58. The van der Waals surface area contributed by atoms with E-state index in [-0.39, 0.29) is 11.6 Å². The predicted molar refractivity (Wildman–Crippen MR) is 74.9 cm³/mol. The van der Waals surface area contributed by atoms with Crippen molar-refractivity contribution in [2.45, 2.75) is 46.8 Å². The first-order chi connectivity index (χ1) is 9.70. The summed E-state index contributed by atoms with van der Waals surface area (Å²) in [5.41, 5.74) is 0.263. The number of carbonyl (C=O) groups excluding carboxylic acids is 3. The van der Waals surface area contributed by atoms with E-state index in [1.54, 1.807) is 27.7 Å². The minimum Gasteiger partial charge on any atom is -0.466 e. The molecule has 0 saturated heterocycles. The molecular formula is C14H20N2O5. The maximum absolute atomic E-state index is 11.9. The summed E-state index contributed by atoms with van der Waals surface area (Å²) >= 11 is 0. The van der Waals surface area contributed by atoms with Crippen molar-refractivity contribution in [2.24, 2.45) is 0 Å². The van der Waals surface area contributed by atoms with Crippen molar-refractivity contribution in [3.05, 3.63) is 23.2 Å². The smallest absolute Gasteiger partial charge is 0.342 e. The Bertz CT molecular complexity index is 548. The molecule has 0 aromatic carbocycles. The second-order valence-electron chi connectivity index (χ2n) is 4.99. The number of hydrogen-bond donors (Lipinski definition) is 2. The quantitative estimate of drug-likeness (QED) is 0.824. The van der Waals surface area contributed by atoms with Crippen LogP contribution in [0, 0.1) is 13.8 Å². The Labute approximate surface area is 123 Å². The normalized spacial score (nSPS) is 11.9. The lowest BCUT2D eigenvalue weighted by Crippen LogP contribution is -2.46. The molecule has 3 amide bonds. The molecule has 1 heterocycles. The Kier molecular flexibility index (Phi) is 5.52. The highest BCUT2D eigenvalue weighted by molar-refractivity contribution is 5.98. The molecule has 0 aliphatic rings. The molecule has 0 radical (unpaired) electrons. The fourth-order valence-electron chi connectivity index (χ4n) is 1.62. The molecule has 1 unspecified atom stereocenters. The monoisotopic (exact) mass is 296 g/mol. The number of urea groups is 1. The van der Waals surface area contributed by atoms with Crippen LogP contribution in [0.4, 0.5) is 4.79 Å². The second kappa shape index (κ2) is 6.92. The number of hydrogen-bond acceptors (Lipinski definition) is 5. The molecule has 0 saturated carbocycles. The first-order valence-electron chi connectivity index (χ1n) is 6.60. The van der Waals surface area contributed by atoms with Gasteiger partial charge in [0, 0.05) is 6.04 Å². The lowest BCUT2D eigenvalue weighted by atomic mass is 10.2. The van der Waals surface area contributed by atoms with Crippen LogP contribution in [0.15, 0.2) is 10.5 Å². The Morgan fingerprint density at radius 1 is 1.19 bits per heavy atom. The third-order valence-electron chi connectivity index (χ3n) is 2.57. The van der Waals surface area contributed by atoms with Gasteiger partial charge in [-0.15, -0.1) is 0 Å². The molecular weight excluding hydrogens is 276 g/mol. The van der Waals surface area contributed by atoms with E-state index < -0.39 is 24.0 Å². The Morgan fingerprint density at radius 3 is 2.29 bits per heavy atom. The van der Waals surface area contributed by atoms with E-state index in [1.165, 1.54) is 13.0 Å². The highest BCUT2D eigenvalue weighted by Gasteiger charge is 2.23. The van der Waals surface area contributed by atoms with E-state index in [0.29, 0.717) is 11.5 Å². The highest BCUT2D eigenvalue weighted by Crippen LogP contribution is 2.15. The van der Waals surface area contributed by atoms with E-state index in [1.807, 2.05) is 0 Å². The Morgan fingerprint density at radius 2 is 1.81 bits per heavy atom. The summed E-state index contributed by atoms with van der Waals surface area (Å²) in [4.78, 5) is 35.0. The maximum atomic E-state index is 11.9. The summed E-state index contributed by atoms with van der Waals surface area (Å²) < 4.78 is 10.2. The molecule has 2 N–H and O–H groups in total. The minimum absolute atomic E-state index is 0.104. The molecule has 7 heteroatoms. The number of ether oxygens (including phenoxy) is 1. The van der Waals surface area contributed by atoms with Gasteiger partial charge in [-0.2, -0.15) is 0 Å². The van der Waals surface area contributed by atoms with Crippen LogP contribution in [0.3, 0.4) is 0 Å². The van der Waals surface area contributed by atoms with Crippen LogP contribution in [0.5, 0.6) is 0 Å². The van der Waals surface area contributed by atoms with Crippen molar-refractivity contribution in [3.8, 4) is 0 Å². The second-order valence-corrected chi connectivity index (χ2v) is 4.99. The number of esters is 1. The zero-order chi connectivity index (χ0) is 16.2. The average Bonchev–Trinajstić information content (AvgIpc) is 2.67. The zero-order valence-corrected chi connectivity index (χ0v) is 12.8. The topological polar surface area (TPSA) is 97.6 Å². The summed E-state index contributed by atoms with van der Waals surface area (Å²) in [7, 11) is 0. The summed E-state index contributed by atoms with van der Waals surface area (Å²) in [6, 6.07) is 0.800. The zero-order valence-electron chi connectivity index (χ0n) is 12.8. The van der Waals surface area contributed by atoms with Crippen molar-refractivity contribution < 1.29 is 23.5 Å². The molecule has 1 rings (SSSR count). The molecule has 1 aromatic heterocycles. The fourth-order valence-corrected chi connectivity index (χ4v) is 1.62. The SMILES string of the molecule is Cc1cc(C(=O)OC(C)C(=O)NC(=O)NC(C)C)c(C)o1. The number of nitrogens with one attached hydrogen (secondary N) is 2. The van der Waals surface area contributed by atoms with Crippen molar-refractivity contribution in [2.75, 3.05) is 0 Å². The number of carbonyl (C=O) groups is 3. The van der Waals surface area contributed by atoms with Crippen molar-refractivity contribution >= 4 is 17.9 Å². The minimum atomic E-state index is -1.09. The standard InChI is InChI=1S/C14H20N2O5/c1-7(2)15-14(19)16-12(17)10(5)21-13(18)11-6-8(3)20-9(11)4/h6-7,10H,1-5H3,(H2,15,16,17,19). The van der Waals surface area contributed by atoms with Crippen LogP contribution in [0.1, 0.15) is 42.6 Å². The van der Waals surface area contributed by atoms with Crippen LogP contribution >= 0.6 is 0 Å². The molecule has 0 bridgehead atoms. The van der Waals surface area contributed by atoms with E-state index in [4.69, 9.17) is 9.15 Å². The van der Waals surface area contributed by atoms with Gasteiger partial charge in [0.2, 0.25) is 0 Å². The van der Waals surface area contributed by atoms with Crippen LogP contribution in [0.25, 0.3) is 0 Å². The number of aryl methyl sites for hydroxylation is 2. The van der Waals surface area contributed by atoms with Gasteiger partial charge in [0.15, 0.2) is 6.10 Å². The molecule has 116 valence electrons. The first kappa shape index (κ1) is 16.7. The summed E-state index contributed by atoms with van der Waals surface area (Å²) in [6.45, 7) is 8.24. The third kappa shape index (κ3) is 4.94. The van der Waals surface area contributed by atoms with Gasteiger partial charge in [0.05, 0.1) is 0 Å². The summed E-state index contributed by atoms with van der Waals surface area (Å²) in [6.07, 6.45) is -1.09. The van der Waals surface area contributed by atoms with Crippen LogP contribution in [0.2, 0.25) is 0 Å². The predicted octanol–water partition coefficient (Wildman–Crippen LogP) is 1.68.